The van der Waals surface area contributed by atoms with Crippen LogP contribution in [0.4, 0.5) is 0 Å². The molecule has 2 unspecified atom stereocenters. The molecule has 6 heteroatoms. The molecule has 0 aromatic carbocycles. The van der Waals surface area contributed by atoms with Crippen molar-refractivity contribution < 1.29 is 0 Å². The molecule has 0 aliphatic rings. The third-order valence-corrected chi connectivity index (χ3v) is 2.96. The zero-order valence-corrected chi connectivity index (χ0v) is 10.2. The van der Waals surface area contributed by atoms with Crippen molar-refractivity contribution in [2.75, 3.05) is 12.0 Å². The highest BCUT2D eigenvalue weighted by Crippen LogP contribution is 2.22. The highest BCUT2D eigenvalue weighted by atomic mass is 35.5. The average molecular weight is 235 g/mol. The molecule has 0 saturated heterocycles. The number of thioether (sulfide) groups is 1. The summed E-state index contributed by atoms with van der Waals surface area (Å²) in [6.45, 7) is 4.01. The number of rotatable bonds is 5. The van der Waals surface area contributed by atoms with Crippen LogP contribution in [0.3, 0.4) is 0 Å². The standard InChI is InChI=1S/C8H15ClN4S/c1-4-7(5-14-3)13-8(6(2)9)10-11-12-13/h6-7H,4-5H2,1-3H3. The van der Waals surface area contributed by atoms with Gasteiger partial charge in [0.05, 0.1) is 11.4 Å². The van der Waals surface area contributed by atoms with Crippen LogP contribution in [0.25, 0.3) is 0 Å². The Kier molecular flexibility index (Phi) is 4.68. The van der Waals surface area contributed by atoms with Crippen molar-refractivity contribution in [3.05, 3.63) is 5.82 Å². The molecule has 0 spiro atoms. The predicted octanol–water partition coefficient (Wildman–Crippen LogP) is 2.29. The molecule has 1 aromatic heterocycles. The monoisotopic (exact) mass is 234 g/mol. The Labute approximate surface area is 93.4 Å². The highest BCUT2D eigenvalue weighted by Gasteiger charge is 2.18. The average Bonchev–Trinajstić information content (AvgIpc) is 2.62. The van der Waals surface area contributed by atoms with Gasteiger partial charge in [0.25, 0.3) is 0 Å². The first-order valence-electron chi connectivity index (χ1n) is 4.61. The second-order valence-corrected chi connectivity index (χ2v) is 4.68. The highest BCUT2D eigenvalue weighted by molar-refractivity contribution is 7.98. The summed E-state index contributed by atoms with van der Waals surface area (Å²) in [7, 11) is 0. The first-order chi connectivity index (χ1) is 6.70. The van der Waals surface area contributed by atoms with Crippen LogP contribution in [0.15, 0.2) is 0 Å². The summed E-state index contributed by atoms with van der Waals surface area (Å²) in [5.74, 6) is 1.77. The molecular formula is C8H15ClN4S. The SMILES string of the molecule is CCC(CSC)n1nnnc1C(C)Cl. The summed E-state index contributed by atoms with van der Waals surface area (Å²) in [6.07, 6.45) is 3.10. The lowest BCUT2D eigenvalue weighted by Gasteiger charge is -2.15. The maximum absolute atomic E-state index is 5.98. The summed E-state index contributed by atoms with van der Waals surface area (Å²) in [6, 6.07) is 0.344. The van der Waals surface area contributed by atoms with Gasteiger partial charge in [-0.05, 0) is 30.0 Å². The number of aromatic nitrogens is 4. The van der Waals surface area contributed by atoms with Crippen molar-refractivity contribution in [1.29, 1.82) is 0 Å². The Hall–Kier alpha value is -0.290. The van der Waals surface area contributed by atoms with Gasteiger partial charge in [-0.25, -0.2) is 4.68 Å². The third kappa shape index (κ3) is 2.60. The molecule has 0 saturated carbocycles. The largest absolute Gasteiger partial charge is 0.224 e. The molecule has 1 heterocycles. The van der Waals surface area contributed by atoms with Crippen LogP contribution in [0, 0.1) is 0 Å². The Bertz CT molecular complexity index is 276. The van der Waals surface area contributed by atoms with E-state index in [-0.39, 0.29) is 5.38 Å². The second-order valence-electron chi connectivity index (χ2n) is 3.12. The molecule has 0 fully saturated rings. The summed E-state index contributed by atoms with van der Waals surface area (Å²) < 4.78 is 1.84. The minimum absolute atomic E-state index is 0.138. The number of hydrogen-bond donors (Lipinski definition) is 0. The first kappa shape index (κ1) is 11.8. The number of nitrogens with zero attached hydrogens (tertiary/aromatic N) is 4. The van der Waals surface area contributed by atoms with E-state index >= 15 is 0 Å². The van der Waals surface area contributed by atoms with Gasteiger partial charge in [-0.2, -0.15) is 11.8 Å². The molecule has 14 heavy (non-hydrogen) atoms. The van der Waals surface area contributed by atoms with Crippen molar-refractivity contribution in [2.45, 2.75) is 31.7 Å². The maximum atomic E-state index is 5.98. The van der Waals surface area contributed by atoms with Crippen LogP contribution >= 0.6 is 23.4 Å². The van der Waals surface area contributed by atoms with Crippen molar-refractivity contribution in [3.63, 3.8) is 0 Å². The van der Waals surface area contributed by atoms with Crippen molar-refractivity contribution in [2.24, 2.45) is 0 Å². The summed E-state index contributed by atoms with van der Waals surface area (Å²) in [4.78, 5) is 0. The van der Waals surface area contributed by atoms with Crippen LogP contribution in [0.1, 0.15) is 37.5 Å². The fourth-order valence-electron chi connectivity index (χ4n) is 1.28. The molecule has 4 nitrogen and oxygen atoms in total. The van der Waals surface area contributed by atoms with Gasteiger partial charge in [0.1, 0.15) is 0 Å². The smallest absolute Gasteiger partial charge is 0.169 e. The predicted molar refractivity (Wildman–Crippen MR) is 59.8 cm³/mol. The quantitative estimate of drug-likeness (QED) is 0.734. The van der Waals surface area contributed by atoms with E-state index in [1.54, 1.807) is 11.8 Å². The van der Waals surface area contributed by atoms with Crippen molar-refractivity contribution >= 4 is 23.4 Å². The lowest BCUT2D eigenvalue weighted by molar-refractivity contribution is 0.454. The van der Waals surface area contributed by atoms with E-state index in [4.69, 9.17) is 11.6 Å². The number of alkyl halides is 1. The molecule has 1 rings (SSSR count). The minimum Gasteiger partial charge on any atom is -0.224 e. The zero-order valence-electron chi connectivity index (χ0n) is 8.64. The van der Waals surface area contributed by atoms with Gasteiger partial charge in [0, 0.05) is 5.75 Å². The number of hydrogen-bond acceptors (Lipinski definition) is 4. The molecule has 0 bridgehead atoms. The third-order valence-electron chi connectivity index (χ3n) is 2.05. The van der Waals surface area contributed by atoms with Gasteiger partial charge in [-0.1, -0.05) is 6.92 Å². The van der Waals surface area contributed by atoms with Crippen LogP contribution in [-0.4, -0.2) is 32.2 Å². The Balaban J connectivity index is 2.86. The molecule has 0 aliphatic carbocycles. The van der Waals surface area contributed by atoms with Gasteiger partial charge in [-0.15, -0.1) is 16.7 Å². The van der Waals surface area contributed by atoms with Crippen LogP contribution < -0.4 is 0 Å². The molecule has 0 amide bonds. The fraction of sp³-hybridized carbons (Fsp3) is 0.875. The molecule has 2 atom stereocenters. The summed E-state index contributed by atoms with van der Waals surface area (Å²) in [5.41, 5.74) is 0. The number of tetrazole rings is 1. The van der Waals surface area contributed by atoms with Gasteiger partial charge >= 0.3 is 0 Å². The summed E-state index contributed by atoms with van der Waals surface area (Å²) >= 11 is 7.77. The van der Waals surface area contributed by atoms with E-state index in [1.165, 1.54) is 0 Å². The summed E-state index contributed by atoms with van der Waals surface area (Å²) in [5, 5.41) is 11.4. The molecule has 80 valence electrons. The van der Waals surface area contributed by atoms with E-state index < -0.39 is 0 Å². The van der Waals surface area contributed by atoms with Crippen molar-refractivity contribution in [1.82, 2.24) is 20.2 Å². The molecule has 0 N–H and O–H groups in total. The second kappa shape index (κ2) is 5.56. The topological polar surface area (TPSA) is 43.6 Å². The Morgan fingerprint density at radius 2 is 2.29 bits per heavy atom. The van der Waals surface area contributed by atoms with Crippen LogP contribution in [0.2, 0.25) is 0 Å². The molecule has 1 aromatic rings. The van der Waals surface area contributed by atoms with Crippen molar-refractivity contribution in [3.8, 4) is 0 Å². The molecule has 0 aliphatic heterocycles. The van der Waals surface area contributed by atoms with Gasteiger partial charge in [0.15, 0.2) is 5.82 Å². The van der Waals surface area contributed by atoms with Gasteiger partial charge in [-0.3, -0.25) is 0 Å². The Morgan fingerprint density at radius 3 is 2.79 bits per heavy atom. The number of halogens is 1. The zero-order chi connectivity index (χ0) is 10.6. The van der Waals surface area contributed by atoms with E-state index in [0.717, 1.165) is 18.0 Å². The first-order valence-corrected chi connectivity index (χ1v) is 6.44. The van der Waals surface area contributed by atoms with E-state index in [1.807, 2.05) is 11.6 Å². The normalized spacial score (nSPS) is 15.4. The van der Waals surface area contributed by atoms with Crippen LogP contribution in [0.5, 0.6) is 0 Å². The molecular weight excluding hydrogens is 220 g/mol. The van der Waals surface area contributed by atoms with E-state index in [2.05, 4.69) is 28.7 Å². The minimum atomic E-state index is -0.138. The van der Waals surface area contributed by atoms with Crippen LogP contribution in [-0.2, 0) is 0 Å². The van der Waals surface area contributed by atoms with Gasteiger partial charge in [0.2, 0.25) is 0 Å². The lowest BCUT2D eigenvalue weighted by atomic mass is 10.2. The van der Waals surface area contributed by atoms with Gasteiger partial charge < -0.3 is 0 Å². The maximum Gasteiger partial charge on any atom is 0.169 e. The lowest BCUT2D eigenvalue weighted by Crippen LogP contribution is -2.16. The fourth-order valence-corrected chi connectivity index (χ4v) is 2.18. The Morgan fingerprint density at radius 1 is 1.57 bits per heavy atom. The van der Waals surface area contributed by atoms with E-state index in [0.29, 0.717) is 6.04 Å². The van der Waals surface area contributed by atoms with E-state index in [9.17, 15) is 0 Å². The molecule has 0 radical (unpaired) electrons.